The van der Waals surface area contributed by atoms with Gasteiger partial charge in [0.25, 0.3) is 0 Å². The van der Waals surface area contributed by atoms with E-state index in [0.29, 0.717) is 13.1 Å². The van der Waals surface area contributed by atoms with E-state index in [0.717, 1.165) is 4.88 Å². The van der Waals surface area contributed by atoms with Crippen molar-refractivity contribution in [3.63, 3.8) is 0 Å². The molecule has 16 heavy (non-hydrogen) atoms. The summed E-state index contributed by atoms with van der Waals surface area (Å²) < 4.78 is 0. The number of hydrogen-bond donors (Lipinski definition) is 1. The van der Waals surface area contributed by atoms with E-state index < -0.39 is 6.04 Å². The van der Waals surface area contributed by atoms with Gasteiger partial charge in [0, 0.05) is 18.0 Å². The molecule has 0 saturated heterocycles. The first kappa shape index (κ1) is 12.7. The van der Waals surface area contributed by atoms with Crippen molar-refractivity contribution in [1.82, 2.24) is 4.90 Å². The maximum atomic E-state index is 12.0. The highest BCUT2D eigenvalue weighted by Crippen LogP contribution is 2.18. The summed E-state index contributed by atoms with van der Waals surface area (Å²) >= 11 is 1.49. The summed E-state index contributed by atoms with van der Waals surface area (Å²) in [5.41, 5.74) is 5.90. The maximum absolute atomic E-state index is 12.0. The zero-order valence-corrected chi connectivity index (χ0v) is 9.95. The molecule has 1 heterocycles. The monoisotopic (exact) mass is 236 g/mol. The fourth-order valence-electron chi connectivity index (χ4n) is 1.35. The molecule has 1 aromatic rings. The number of carbonyl (C=O) groups excluding carboxylic acids is 1. The first-order valence-electron chi connectivity index (χ1n) is 5.00. The number of rotatable bonds is 6. The minimum atomic E-state index is -0.583. The predicted octanol–water partition coefficient (Wildman–Crippen LogP) is 1.95. The molecule has 0 aromatic carbocycles. The van der Waals surface area contributed by atoms with Crippen LogP contribution in [0.1, 0.15) is 10.9 Å². The summed E-state index contributed by atoms with van der Waals surface area (Å²) in [6, 6.07) is 3.17. The van der Waals surface area contributed by atoms with E-state index in [-0.39, 0.29) is 5.91 Å². The third-order valence-electron chi connectivity index (χ3n) is 2.13. The Morgan fingerprint density at radius 3 is 2.56 bits per heavy atom. The average molecular weight is 236 g/mol. The van der Waals surface area contributed by atoms with Gasteiger partial charge in [-0.1, -0.05) is 18.2 Å². The van der Waals surface area contributed by atoms with Crippen molar-refractivity contribution in [2.75, 3.05) is 13.1 Å². The van der Waals surface area contributed by atoms with Crippen LogP contribution in [-0.4, -0.2) is 23.9 Å². The molecule has 1 rings (SSSR count). The van der Waals surface area contributed by atoms with Crippen LogP contribution in [-0.2, 0) is 4.79 Å². The molecule has 1 unspecified atom stereocenters. The molecule has 0 fully saturated rings. The SMILES string of the molecule is C=CCN(CC=C)C(=O)C(N)c1cccs1. The molecule has 86 valence electrons. The van der Waals surface area contributed by atoms with Gasteiger partial charge in [-0.3, -0.25) is 4.79 Å². The molecule has 0 aliphatic carbocycles. The Balaban J connectivity index is 2.73. The van der Waals surface area contributed by atoms with Gasteiger partial charge in [-0.2, -0.15) is 0 Å². The van der Waals surface area contributed by atoms with Gasteiger partial charge >= 0.3 is 0 Å². The molecular formula is C12H16N2OS. The lowest BCUT2D eigenvalue weighted by Gasteiger charge is -2.22. The van der Waals surface area contributed by atoms with Gasteiger partial charge < -0.3 is 10.6 Å². The zero-order valence-electron chi connectivity index (χ0n) is 9.13. The third kappa shape index (κ3) is 3.05. The maximum Gasteiger partial charge on any atom is 0.245 e. The van der Waals surface area contributed by atoms with Crippen molar-refractivity contribution < 1.29 is 4.79 Å². The van der Waals surface area contributed by atoms with Crippen LogP contribution < -0.4 is 5.73 Å². The van der Waals surface area contributed by atoms with Crippen molar-refractivity contribution in [2.24, 2.45) is 5.73 Å². The van der Waals surface area contributed by atoms with Gasteiger partial charge in [-0.05, 0) is 11.4 Å². The van der Waals surface area contributed by atoms with Crippen LogP contribution in [0.3, 0.4) is 0 Å². The largest absolute Gasteiger partial charge is 0.334 e. The standard InChI is InChI=1S/C12H16N2OS/c1-3-7-14(8-4-2)12(15)11(13)10-6-5-9-16-10/h3-6,9,11H,1-2,7-8,13H2. The molecule has 0 saturated carbocycles. The van der Waals surface area contributed by atoms with Crippen molar-refractivity contribution in [3.8, 4) is 0 Å². The first-order chi connectivity index (χ1) is 7.70. The summed E-state index contributed by atoms with van der Waals surface area (Å²) in [5.74, 6) is -0.0951. The molecule has 0 aliphatic rings. The van der Waals surface area contributed by atoms with Gasteiger partial charge in [0.1, 0.15) is 6.04 Å². The second-order valence-electron chi connectivity index (χ2n) is 3.31. The van der Waals surface area contributed by atoms with Crippen molar-refractivity contribution >= 4 is 17.2 Å². The van der Waals surface area contributed by atoms with Crippen molar-refractivity contribution in [3.05, 3.63) is 47.7 Å². The number of hydrogen-bond acceptors (Lipinski definition) is 3. The minimum absolute atomic E-state index is 0.0951. The van der Waals surface area contributed by atoms with Crippen LogP contribution in [0.25, 0.3) is 0 Å². The molecule has 0 radical (unpaired) electrons. The molecule has 1 atom stereocenters. The highest BCUT2D eigenvalue weighted by molar-refractivity contribution is 7.10. The van der Waals surface area contributed by atoms with Crippen LogP contribution in [0.15, 0.2) is 42.8 Å². The Morgan fingerprint density at radius 1 is 1.50 bits per heavy atom. The number of carbonyl (C=O) groups is 1. The summed E-state index contributed by atoms with van der Waals surface area (Å²) in [6.07, 6.45) is 3.37. The number of nitrogens with two attached hydrogens (primary N) is 1. The first-order valence-corrected chi connectivity index (χ1v) is 5.88. The second kappa shape index (κ2) is 6.25. The summed E-state index contributed by atoms with van der Waals surface area (Å²) in [4.78, 5) is 14.5. The predicted molar refractivity (Wildman–Crippen MR) is 68.2 cm³/mol. The van der Waals surface area contributed by atoms with E-state index in [1.54, 1.807) is 17.1 Å². The summed E-state index contributed by atoms with van der Waals surface area (Å²) in [5, 5.41) is 1.91. The Kier molecular flexibility index (Phi) is 4.95. The van der Waals surface area contributed by atoms with Crippen LogP contribution >= 0.6 is 11.3 Å². The molecule has 3 nitrogen and oxygen atoms in total. The molecule has 0 aliphatic heterocycles. The normalized spacial score (nSPS) is 11.8. The van der Waals surface area contributed by atoms with Crippen LogP contribution in [0.2, 0.25) is 0 Å². The lowest BCUT2D eigenvalue weighted by Crippen LogP contribution is -2.38. The van der Waals surface area contributed by atoms with E-state index in [1.807, 2.05) is 17.5 Å². The average Bonchev–Trinajstić information content (AvgIpc) is 2.80. The van der Waals surface area contributed by atoms with Gasteiger partial charge in [0.2, 0.25) is 5.91 Å². The molecule has 4 heteroatoms. The number of thiophene rings is 1. The van der Waals surface area contributed by atoms with E-state index >= 15 is 0 Å². The second-order valence-corrected chi connectivity index (χ2v) is 4.29. The van der Waals surface area contributed by atoms with Crippen molar-refractivity contribution in [1.29, 1.82) is 0 Å². The number of amides is 1. The molecule has 1 amide bonds. The van der Waals surface area contributed by atoms with Gasteiger partial charge in [0.05, 0.1) is 0 Å². The minimum Gasteiger partial charge on any atom is -0.334 e. The Labute approximate surface area is 99.9 Å². The molecule has 2 N–H and O–H groups in total. The Hall–Kier alpha value is -1.39. The fourth-order valence-corrected chi connectivity index (χ4v) is 2.07. The highest BCUT2D eigenvalue weighted by atomic mass is 32.1. The van der Waals surface area contributed by atoms with Gasteiger partial charge in [-0.25, -0.2) is 0 Å². The fraction of sp³-hybridized carbons (Fsp3) is 0.250. The topological polar surface area (TPSA) is 46.3 Å². The summed E-state index contributed by atoms with van der Waals surface area (Å²) in [7, 11) is 0. The van der Waals surface area contributed by atoms with Crippen molar-refractivity contribution in [2.45, 2.75) is 6.04 Å². The molecule has 1 aromatic heterocycles. The quantitative estimate of drug-likeness (QED) is 0.767. The smallest absolute Gasteiger partial charge is 0.245 e. The van der Waals surface area contributed by atoms with Crippen LogP contribution in [0, 0.1) is 0 Å². The van der Waals surface area contributed by atoms with Crippen LogP contribution in [0.4, 0.5) is 0 Å². The van der Waals surface area contributed by atoms with E-state index in [4.69, 9.17) is 5.73 Å². The van der Waals surface area contributed by atoms with Crippen LogP contribution in [0.5, 0.6) is 0 Å². The van der Waals surface area contributed by atoms with Gasteiger partial charge in [0.15, 0.2) is 0 Å². The number of nitrogens with zero attached hydrogens (tertiary/aromatic N) is 1. The Bertz CT molecular complexity index is 349. The van der Waals surface area contributed by atoms with Gasteiger partial charge in [-0.15, -0.1) is 24.5 Å². The highest BCUT2D eigenvalue weighted by Gasteiger charge is 2.21. The third-order valence-corrected chi connectivity index (χ3v) is 3.08. The van der Waals surface area contributed by atoms with E-state index in [2.05, 4.69) is 13.2 Å². The Morgan fingerprint density at radius 2 is 2.12 bits per heavy atom. The summed E-state index contributed by atoms with van der Waals surface area (Å²) in [6.45, 7) is 8.22. The lowest BCUT2D eigenvalue weighted by atomic mass is 10.2. The van der Waals surface area contributed by atoms with E-state index in [9.17, 15) is 4.79 Å². The van der Waals surface area contributed by atoms with E-state index in [1.165, 1.54) is 11.3 Å². The molecular weight excluding hydrogens is 220 g/mol. The zero-order chi connectivity index (χ0) is 12.0. The molecule has 0 spiro atoms. The molecule has 0 bridgehead atoms. The lowest BCUT2D eigenvalue weighted by molar-refractivity contribution is -0.131.